The van der Waals surface area contributed by atoms with Gasteiger partial charge >= 0.3 is 0 Å². The van der Waals surface area contributed by atoms with Crippen molar-refractivity contribution in [2.75, 3.05) is 11.9 Å². The molecule has 1 heterocycles. The predicted octanol–water partition coefficient (Wildman–Crippen LogP) is 0.497. The van der Waals surface area contributed by atoms with Crippen LogP contribution in [0.1, 0.15) is 18.5 Å². The quantitative estimate of drug-likeness (QED) is 0.743. The van der Waals surface area contributed by atoms with Crippen molar-refractivity contribution in [3.8, 4) is 6.07 Å². The summed E-state index contributed by atoms with van der Waals surface area (Å²) in [6, 6.07) is 3.80. The summed E-state index contributed by atoms with van der Waals surface area (Å²) in [4.78, 5) is 8.11. The molecule has 0 saturated heterocycles. The maximum Gasteiger partial charge on any atom is 0.224 e. The van der Waals surface area contributed by atoms with Gasteiger partial charge in [-0.25, -0.2) is 9.97 Å². The van der Waals surface area contributed by atoms with Gasteiger partial charge in [-0.2, -0.15) is 5.26 Å². The van der Waals surface area contributed by atoms with E-state index in [1.54, 1.807) is 12.3 Å². The van der Waals surface area contributed by atoms with Crippen LogP contribution < -0.4 is 11.1 Å². The maximum atomic E-state index is 8.68. The Morgan fingerprint density at radius 1 is 1.67 bits per heavy atom. The lowest BCUT2D eigenvalue weighted by molar-refractivity contribution is 0.639. The minimum atomic E-state index is 0.235. The zero-order valence-electron chi connectivity index (χ0n) is 8.35. The van der Waals surface area contributed by atoms with E-state index in [-0.39, 0.29) is 6.04 Å². The van der Waals surface area contributed by atoms with E-state index in [0.29, 0.717) is 24.1 Å². The molecule has 0 amide bonds. The van der Waals surface area contributed by atoms with Crippen molar-refractivity contribution in [3.63, 3.8) is 0 Å². The van der Waals surface area contributed by atoms with Crippen LogP contribution in [0.2, 0.25) is 0 Å². The summed E-state index contributed by atoms with van der Waals surface area (Å²) < 4.78 is 0. The van der Waals surface area contributed by atoms with Gasteiger partial charge < -0.3 is 11.1 Å². The number of nitrogens with two attached hydrogens (primary N) is 1. The first kappa shape index (κ1) is 9.87. The molecule has 15 heavy (non-hydrogen) atoms. The van der Waals surface area contributed by atoms with Crippen LogP contribution in [0.3, 0.4) is 0 Å². The molecular weight excluding hydrogens is 190 g/mol. The Labute approximate surface area is 88.3 Å². The Hall–Kier alpha value is -1.67. The van der Waals surface area contributed by atoms with Gasteiger partial charge in [0.15, 0.2) is 0 Å². The molecule has 5 nitrogen and oxygen atoms in total. The number of hydrogen-bond acceptors (Lipinski definition) is 5. The first-order valence-electron chi connectivity index (χ1n) is 5.03. The molecule has 1 saturated carbocycles. The molecule has 1 aliphatic rings. The van der Waals surface area contributed by atoms with Gasteiger partial charge in [-0.1, -0.05) is 0 Å². The van der Waals surface area contributed by atoms with E-state index in [9.17, 15) is 0 Å². The Morgan fingerprint density at radius 3 is 3.07 bits per heavy atom. The first-order chi connectivity index (χ1) is 7.33. The Balaban J connectivity index is 2.05. The fourth-order valence-electron chi connectivity index (χ4n) is 1.52. The van der Waals surface area contributed by atoms with E-state index in [4.69, 9.17) is 11.0 Å². The summed E-state index contributed by atoms with van der Waals surface area (Å²) in [5, 5.41) is 11.8. The van der Waals surface area contributed by atoms with Gasteiger partial charge in [0, 0.05) is 18.8 Å². The molecule has 2 rings (SSSR count). The highest BCUT2D eigenvalue weighted by atomic mass is 15.1. The van der Waals surface area contributed by atoms with Crippen molar-refractivity contribution in [2.24, 2.45) is 11.7 Å². The zero-order chi connectivity index (χ0) is 10.7. The smallest absolute Gasteiger partial charge is 0.224 e. The maximum absolute atomic E-state index is 8.68. The molecule has 0 spiro atoms. The third kappa shape index (κ3) is 2.42. The van der Waals surface area contributed by atoms with E-state index in [1.165, 1.54) is 12.8 Å². The van der Waals surface area contributed by atoms with E-state index < -0.39 is 0 Å². The number of nitrogens with one attached hydrogen (secondary N) is 1. The highest BCUT2D eigenvalue weighted by Gasteiger charge is 2.30. The van der Waals surface area contributed by atoms with Crippen LogP contribution in [-0.2, 0) is 0 Å². The number of aromatic nitrogens is 2. The number of nitrogens with zero attached hydrogens (tertiary/aromatic N) is 3. The number of nitriles is 1. The standard InChI is InChI=1S/C10H13N5/c11-5-8-3-4-13-10(14-8)15-9(6-12)7-1-2-7/h3-4,7,9H,1-2,6,12H2,(H,13,14,15). The summed E-state index contributed by atoms with van der Waals surface area (Å²) in [6.45, 7) is 0.574. The monoisotopic (exact) mass is 203 g/mol. The molecule has 0 radical (unpaired) electrons. The van der Waals surface area contributed by atoms with Gasteiger partial charge in [0.05, 0.1) is 0 Å². The highest BCUT2D eigenvalue weighted by molar-refractivity contribution is 5.31. The van der Waals surface area contributed by atoms with Gasteiger partial charge in [-0.3, -0.25) is 0 Å². The molecule has 3 N–H and O–H groups in total. The van der Waals surface area contributed by atoms with Crippen LogP contribution >= 0.6 is 0 Å². The average Bonchev–Trinajstić information content (AvgIpc) is 3.10. The van der Waals surface area contributed by atoms with Crippen LogP contribution in [0, 0.1) is 17.2 Å². The molecule has 1 aromatic heterocycles. The third-order valence-electron chi connectivity index (χ3n) is 2.53. The molecular formula is C10H13N5. The minimum absolute atomic E-state index is 0.235. The summed E-state index contributed by atoms with van der Waals surface area (Å²) in [6.07, 6.45) is 4.01. The highest BCUT2D eigenvalue weighted by Crippen LogP contribution is 2.33. The lowest BCUT2D eigenvalue weighted by Crippen LogP contribution is -2.31. The topological polar surface area (TPSA) is 87.6 Å². The van der Waals surface area contributed by atoms with Crippen molar-refractivity contribution >= 4 is 5.95 Å². The summed E-state index contributed by atoms with van der Waals surface area (Å²) in [7, 11) is 0. The fraction of sp³-hybridized carbons (Fsp3) is 0.500. The lowest BCUT2D eigenvalue weighted by atomic mass is 10.2. The van der Waals surface area contributed by atoms with Crippen LogP contribution in [-0.4, -0.2) is 22.6 Å². The van der Waals surface area contributed by atoms with Gasteiger partial charge in [-0.05, 0) is 24.8 Å². The van der Waals surface area contributed by atoms with E-state index in [2.05, 4.69) is 15.3 Å². The van der Waals surface area contributed by atoms with Gasteiger partial charge in [0.1, 0.15) is 11.8 Å². The van der Waals surface area contributed by atoms with Crippen molar-refractivity contribution in [1.29, 1.82) is 5.26 Å². The zero-order valence-corrected chi connectivity index (χ0v) is 8.35. The molecule has 1 aromatic rings. The van der Waals surface area contributed by atoms with Gasteiger partial charge in [0.2, 0.25) is 5.95 Å². The van der Waals surface area contributed by atoms with Crippen molar-refractivity contribution in [3.05, 3.63) is 18.0 Å². The predicted molar refractivity (Wildman–Crippen MR) is 55.9 cm³/mol. The molecule has 1 fully saturated rings. The molecule has 78 valence electrons. The normalized spacial score (nSPS) is 16.8. The van der Waals surface area contributed by atoms with Crippen LogP contribution in [0.15, 0.2) is 12.3 Å². The Kier molecular flexibility index (Phi) is 2.79. The largest absolute Gasteiger partial charge is 0.350 e. The number of rotatable bonds is 4. The van der Waals surface area contributed by atoms with Crippen LogP contribution in [0.4, 0.5) is 5.95 Å². The van der Waals surface area contributed by atoms with Crippen molar-refractivity contribution in [1.82, 2.24) is 9.97 Å². The van der Waals surface area contributed by atoms with Gasteiger partial charge in [-0.15, -0.1) is 0 Å². The third-order valence-corrected chi connectivity index (χ3v) is 2.53. The molecule has 0 bridgehead atoms. The summed E-state index contributed by atoms with van der Waals surface area (Å²) >= 11 is 0. The molecule has 0 aromatic carbocycles. The van der Waals surface area contributed by atoms with Crippen molar-refractivity contribution in [2.45, 2.75) is 18.9 Å². The molecule has 1 unspecified atom stereocenters. The van der Waals surface area contributed by atoms with Crippen LogP contribution in [0.5, 0.6) is 0 Å². The second-order valence-corrected chi connectivity index (χ2v) is 3.70. The first-order valence-corrected chi connectivity index (χ1v) is 5.03. The summed E-state index contributed by atoms with van der Waals surface area (Å²) in [5.74, 6) is 1.14. The Bertz CT molecular complexity index is 380. The van der Waals surface area contributed by atoms with E-state index in [1.807, 2.05) is 6.07 Å². The second-order valence-electron chi connectivity index (χ2n) is 3.70. The SMILES string of the molecule is N#Cc1ccnc(NC(CN)C2CC2)n1. The lowest BCUT2D eigenvalue weighted by Gasteiger charge is -2.15. The number of anilines is 1. The summed E-state index contributed by atoms with van der Waals surface area (Å²) in [5.41, 5.74) is 6.02. The van der Waals surface area contributed by atoms with Crippen LogP contribution in [0.25, 0.3) is 0 Å². The molecule has 0 aliphatic heterocycles. The van der Waals surface area contributed by atoms with E-state index in [0.717, 1.165) is 0 Å². The minimum Gasteiger partial charge on any atom is -0.350 e. The Morgan fingerprint density at radius 2 is 2.47 bits per heavy atom. The molecule has 5 heteroatoms. The fourth-order valence-corrected chi connectivity index (χ4v) is 1.52. The number of hydrogen-bond donors (Lipinski definition) is 2. The molecule has 1 aliphatic carbocycles. The van der Waals surface area contributed by atoms with Gasteiger partial charge in [0.25, 0.3) is 0 Å². The average molecular weight is 203 g/mol. The molecule has 1 atom stereocenters. The second kappa shape index (κ2) is 4.24. The van der Waals surface area contributed by atoms with E-state index >= 15 is 0 Å². The van der Waals surface area contributed by atoms with Crippen molar-refractivity contribution < 1.29 is 0 Å².